The van der Waals surface area contributed by atoms with Crippen LogP contribution in [0.2, 0.25) is 0 Å². The highest BCUT2D eigenvalue weighted by molar-refractivity contribution is 6.03. The quantitative estimate of drug-likeness (QED) is 0.690. The third-order valence-electron chi connectivity index (χ3n) is 3.54. The molecule has 0 saturated heterocycles. The minimum atomic E-state index is -0.352. The molecule has 3 rings (SSSR count). The molecule has 22 heavy (non-hydrogen) atoms. The second-order valence-corrected chi connectivity index (χ2v) is 5.34. The number of aryl methyl sites for hydroxylation is 2. The van der Waals surface area contributed by atoms with Crippen LogP contribution in [0.15, 0.2) is 42.5 Å². The van der Waals surface area contributed by atoms with Crippen molar-refractivity contribution < 1.29 is 9.53 Å². The predicted molar refractivity (Wildman–Crippen MR) is 86.5 cm³/mol. The second-order valence-electron chi connectivity index (χ2n) is 5.34. The van der Waals surface area contributed by atoms with E-state index < -0.39 is 0 Å². The first kappa shape index (κ1) is 14.3. The van der Waals surface area contributed by atoms with E-state index in [9.17, 15) is 4.79 Å². The maximum absolute atomic E-state index is 12.4. The monoisotopic (exact) mass is 294 g/mol. The summed E-state index contributed by atoms with van der Waals surface area (Å²) < 4.78 is 6.89. The summed E-state index contributed by atoms with van der Waals surface area (Å²) in [5.74, 6) is -0.352. The number of carbonyl (C=O) groups is 1. The van der Waals surface area contributed by atoms with Gasteiger partial charge in [0.25, 0.3) is 0 Å². The summed E-state index contributed by atoms with van der Waals surface area (Å²) in [5.41, 5.74) is 4.35. The van der Waals surface area contributed by atoms with E-state index in [4.69, 9.17) is 4.74 Å². The van der Waals surface area contributed by atoms with Crippen LogP contribution in [-0.4, -0.2) is 22.4 Å². The van der Waals surface area contributed by atoms with Crippen molar-refractivity contribution >= 4 is 16.9 Å². The Bertz CT molecular complexity index is 849. The molecule has 0 amide bonds. The molecular weight excluding hydrogens is 276 g/mol. The van der Waals surface area contributed by atoms with Crippen LogP contribution in [0.25, 0.3) is 16.6 Å². The average molecular weight is 294 g/mol. The van der Waals surface area contributed by atoms with Gasteiger partial charge in [0.05, 0.1) is 17.8 Å². The Hall–Kier alpha value is -2.62. The molecule has 0 unspecified atom stereocenters. The van der Waals surface area contributed by atoms with Gasteiger partial charge >= 0.3 is 5.97 Å². The number of nitrogens with zero attached hydrogens (tertiary/aromatic N) is 2. The van der Waals surface area contributed by atoms with Crippen LogP contribution in [0.1, 0.15) is 28.5 Å². The Kier molecular flexibility index (Phi) is 3.67. The number of esters is 1. The molecule has 0 aliphatic carbocycles. The number of benzene rings is 2. The molecule has 0 bridgehead atoms. The standard InChI is InChI=1S/C18H18N2O2/c1-4-22-18(21)17-15-9-8-13(3)11-16(15)19-20(17)14-7-5-6-12(2)10-14/h5-11H,4H2,1-3H3. The molecule has 0 atom stereocenters. The number of ether oxygens (including phenoxy) is 1. The lowest BCUT2D eigenvalue weighted by atomic mass is 10.1. The van der Waals surface area contributed by atoms with Crippen LogP contribution >= 0.6 is 0 Å². The molecule has 0 fully saturated rings. The first-order valence-corrected chi connectivity index (χ1v) is 7.33. The first-order chi connectivity index (χ1) is 10.6. The van der Waals surface area contributed by atoms with Crippen LogP contribution in [0.5, 0.6) is 0 Å². The third-order valence-corrected chi connectivity index (χ3v) is 3.54. The molecule has 4 heteroatoms. The lowest BCUT2D eigenvalue weighted by molar-refractivity contribution is 0.0518. The maximum atomic E-state index is 12.4. The molecule has 112 valence electrons. The fourth-order valence-corrected chi connectivity index (χ4v) is 2.54. The summed E-state index contributed by atoms with van der Waals surface area (Å²) in [6, 6.07) is 13.8. The van der Waals surface area contributed by atoms with Gasteiger partial charge in [-0.05, 0) is 50.1 Å². The number of hydrogen-bond acceptors (Lipinski definition) is 3. The molecule has 1 heterocycles. The largest absolute Gasteiger partial charge is 0.461 e. The highest BCUT2D eigenvalue weighted by atomic mass is 16.5. The van der Waals surface area contributed by atoms with E-state index in [-0.39, 0.29) is 5.97 Å². The van der Waals surface area contributed by atoms with E-state index in [2.05, 4.69) is 5.10 Å². The molecule has 0 spiro atoms. The molecule has 4 nitrogen and oxygen atoms in total. The van der Waals surface area contributed by atoms with E-state index in [1.165, 1.54) is 0 Å². The summed E-state index contributed by atoms with van der Waals surface area (Å²) in [6.45, 7) is 6.17. The lowest BCUT2D eigenvalue weighted by Crippen LogP contribution is -2.12. The molecule has 0 N–H and O–H groups in total. The number of carbonyl (C=O) groups excluding carboxylic acids is 1. The summed E-state index contributed by atoms with van der Waals surface area (Å²) in [6.07, 6.45) is 0. The second kappa shape index (κ2) is 5.64. The van der Waals surface area contributed by atoms with Crippen molar-refractivity contribution in [2.45, 2.75) is 20.8 Å². The maximum Gasteiger partial charge on any atom is 0.357 e. The molecule has 0 aliphatic rings. The fraction of sp³-hybridized carbons (Fsp3) is 0.222. The minimum absolute atomic E-state index is 0.338. The van der Waals surface area contributed by atoms with E-state index in [0.717, 1.165) is 27.7 Å². The van der Waals surface area contributed by atoms with Gasteiger partial charge in [-0.1, -0.05) is 24.3 Å². The van der Waals surface area contributed by atoms with Crippen LogP contribution in [-0.2, 0) is 4.74 Å². The molecule has 3 aromatic rings. The molecule has 0 saturated carbocycles. The van der Waals surface area contributed by atoms with Gasteiger partial charge < -0.3 is 4.74 Å². The van der Waals surface area contributed by atoms with Crippen molar-refractivity contribution in [3.05, 3.63) is 59.3 Å². The van der Waals surface area contributed by atoms with Crippen LogP contribution in [0, 0.1) is 13.8 Å². The highest BCUT2D eigenvalue weighted by Crippen LogP contribution is 2.24. The smallest absolute Gasteiger partial charge is 0.357 e. The lowest BCUT2D eigenvalue weighted by Gasteiger charge is -2.08. The van der Waals surface area contributed by atoms with Crippen molar-refractivity contribution in [2.24, 2.45) is 0 Å². The zero-order valence-electron chi connectivity index (χ0n) is 13.0. The van der Waals surface area contributed by atoms with Gasteiger partial charge in [0, 0.05) is 5.39 Å². The Morgan fingerprint density at radius 3 is 2.64 bits per heavy atom. The Morgan fingerprint density at radius 2 is 1.91 bits per heavy atom. The Labute approximate surface area is 129 Å². The number of fused-ring (bicyclic) bond motifs is 1. The molecule has 0 aliphatic heterocycles. The van der Waals surface area contributed by atoms with E-state index in [1.807, 2.05) is 56.3 Å². The van der Waals surface area contributed by atoms with E-state index in [0.29, 0.717) is 12.3 Å². The summed E-state index contributed by atoms with van der Waals surface area (Å²) in [4.78, 5) is 12.4. The number of rotatable bonds is 3. The Balaban J connectivity index is 2.28. The number of aromatic nitrogens is 2. The van der Waals surface area contributed by atoms with Gasteiger partial charge in [-0.2, -0.15) is 5.10 Å². The van der Waals surface area contributed by atoms with Crippen molar-refractivity contribution in [2.75, 3.05) is 6.61 Å². The van der Waals surface area contributed by atoms with Gasteiger partial charge in [0.2, 0.25) is 0 Å². The summed E-state index contributed by atoms with van der Waals surface area (Å²) >= 11 is 0. The van der Waals surface area contributed by atoms with Gasteiger partial charge in [-0.25, -0.2) is 9.48 Å². The average Bonchev–Trinajstić information content (AvgIpc) is 2.86. The predicted octanol–water partition coefficient (Wildman–Crippen LogP) is 3.82. The van der Waals surface area contributed by atoms with Crippen molar-refractivity contribution in [3.8, 4) is 5.69 Å². The van der Waals surface area contributed by atoms with Crippen molar-refractivity contribution in [1.82, 2.24) is 9.78 Å². The van der Waals surface area contributed by atoms with E-state index >= 15 is 0 Å². The van der Waals surface area contributed by atoms with Gasteiger partial charge in [-0.15, -0.1) is 0 Å². The van der Waals surface area contributed by atoms with Crippen LogP contribution in [0.3, 0.4) is 0 Å². The third kappa shape index (κ3) is 2.48. The topological polar surface area (TPSA) is 44.1 Å². The summed E-state index contributed by atoms with van der Waals surface area (Å²) in [5, 5.41) is 5.41. The first-order valence-electron chi connectivity index (χ1n) is 7.33. The SMILES string of the molecule is CCOC(=O)c1c2ccc(C)cc2nn1-c1cccc(C)c1. The fourth-order valence-electron chi connectivity index (χ4n) is 2.54. The summed E-state index contributed by atoms with van der Waals surface area (Å²) in [7, 11) is 0. The van der Waals surface area contributed by atoms with Gasteiger partial charge in [-0.3, -0.25) is 0 Å². The normalized spacial score (nSPS) is 10.9. The van der Waals surface area contributed by atoms with E-state index in [1.54, 1.807) is 11.6 Å². The minimum Gasteiger partial charge on any atom is -0.461 e. The van der Waals surface area contributed by atoms with Crippen molar-refractivity contribution in [3.63, 3.8) is 0 Å². The molecule has 1 aromatic heterocycles. The number of hydrogen-bond donors (Lipinski definition) is 0. The Morgan fingerprint density at radius 1 is 1.14 bits per heavy atom. The van der Waals surface area contributed by atoms with Crippen LogP contribution in [0.4, 0.5) is 0 Å². The van der Waals surface area contributed by atoms with Gasteiger partial charge in [0.1, 0.15) is 0 Å². The molecular formula is C18H18N2O2. The van der Waals surface area contributed by atoms with Gasteiger partial charge in [0.15, 0.2) is 5.69 Å². The zero-order chi connectivity index (χ0) is 15.7. The van der Waals surface area contributed by atoms with Crippen LogP contribution < -0.4 is 0 Å². The highest BCUT2D eigenvalue weighted by Gasteiger charge is 2.20. The molecule has 2 aromatic carbocycles. The molecule has 0 radical (unpaired) electrons. The van der Waals surface area contributed by atoms with Crippen molar-refractivity contribution in [1.29, 1.82) is 0 Å². The zero-order valence-corrected chi connectivity index (χ0v) is 13.0.